The van der Waals surface area contributed by atoms with Crippen LogP contribution in [0.1, 0.15) is 22.8 Å². The van der Waals surface area contributed by atoms with E-state index in [2.05, 4.69) is 5.32 Å². The van der Waals surface area contributed by atoms with Crippen molar-refractivity contribution < 1.29 is 18.7 Å². The molecular weight excluding hydrogens is 239 g/mol. The first-order valence-corrected chi connectivity index (χ1v) is 5.30. The Morgan fingerprint density at radius 2 is 2.06 bits per heavy atom. The van der Waals surface area contributed by atoms with E-state index in [-0.39, 0.29) is 16.8 Å². The monoisotopic (exact) mass is 254 g/mol. The first kappa shape index (κ1) is 14.1. The second kappa shape index (κ2) is 5.59. The van der Waals surface area contributed by atoms with Gasteiger partial charge in [-0.05, 0) is 26.0 Å². The predicted octanol–water partition coefficient (Wildman–Crippen LogP) is 1.21. The van der Waals surface area contributed by atoms with Crippen LogP contribution in [0.2, 0.25) is 0 Å². The van der Waals surface area contributed by atoms with Crippen LogP contribution >= 0.6 is 0 Å². The lowest BCUT2D eigenvalue weighted by Gasteiger charge is -2.13. The molecule has 0 saturated heterocycles. The van der Waals surface area contributed by atoms with Gasteiger partial charge in [0.2, 0.25) is 5.91 Å². The summed E-state index contributed by atoms with van der Waals surface area (Å²) in [6, 6.07) is 2.37. The molecule has 0 aliphatic carbocycles. The highest BCUT2D eigenvalue weighted by Gasteiger charge is 2.16. The van der Waals surface area contributed by atoms with Crippen LogP contribution < -0.4 is 11.1 Å². The number of ether oxygens (including phenoxy) is 1. The zero-order valence-electron chi connectivity index (χ0n) is 10.4. The first-order chi connectivity index (χ1) is 8.36. The van der Waals surface area contributed by atoms with Crippen molar-refractivity contribution in [1.82, 2.24) is 0 Å². The molecule has 3 N–H and O–H groups in total. The first-order valence-electron chi connectivity index (χ1n) is 5.30. The normalized spacial score (nSPS) is 12.0. The van der Waals surface area contributed by atoms with E-state index >= 15 is 0 Å². The van der Waals surface area contributed by atoms with E-state index in [0.717, 1.165) is 6.07 Å². The number of halogens is 1. The summed E-state index contributed by atoms with van der Waals surface area (Å²) in [4.78, 5) is 22.6. The molecule has 0 bridgehead atoms. The fourth-order valence-corrected chi connectivity index (χ4v) is 1.29. The molecule has 2 amide bonds. The van der Waals surface area contributed by atoms with Crippen molar-refractivity contribution >= 4 is 17.5 Å². The number of methoxy groups -OCH3 is 1. The Morgan fingerprint density at radius 1 is 1.44 bits per heavy atom. The minimum Gasteiger partial charge on any atom is -0.372 e. The number of carbonyl (C=O) groups excluding carboxylic acids is 2. The summed E-state index contributed by atoms with van der Waals surface area (Å²) in [5.41, 5.74) is 5.51. The summed E-state index contributed by atoms with van der Waals surface area (Å²) in [5.74, 6) is -1.79. The van der Waals surface area contributed by atoms with E-state index < -0.39 is 23.7 Å². The molecule has 0 aliphatic rings. The van der Waals surface area contributed by atoms with Gasteiger partial charge in [-0.3, -0.25) is 9.59 Å². The molecule has 0 heterocycles. The summed E-state index contributed by atoms with van der Waals surface area (Å²) in [7, 11) is 1.39. The average molecular weight is 254 g/mol. The molecular formula is C12H15FN2O3. The lowest BCUT2D eigenvalue weighted by Crippen LogP contribution is -2.27. The lowest BCUT2D eigenvalue weighted by molar-refractivity contribution is -0.124. The van der Waals surface area contributed by atoms with Gasteiger partial charge >= 0.3 is 0 Å². The largest absolute Gasteiger partial charge is 0.372 e. The number of nitrogens with one attached hydrogen (secondary N) is 1. The van der Waals surface area contributed by atoms with Gasteiger partial charge in [0.1, 0.15) is 11.9 Å². The standard InChI is InChI=1S/C12H15FN2O3/c1-6-9(13)4-8(11(14)16)5-10(6)15-12(17)7(2)18-3/h4-5,7H,1-3H3,(H2,14,16)(H,15,17). The molecule has 0 saturated carbocycles. The van der Waals surface area contributed by atoms with E-state index in [1.54, 1.807) is 6.92 Å². The number of rotatable bonds is 4. The molecule has 98 valence electrons. The Balaban J connectivity index is 3.08. The minimum atomic E-state index is -0.760. The molecule has 1 atom stereocenters. The number of anilines is 1. The number of hydrogen-bond donors (Lipinski definition) is 2. The van der Waals surface area contributed by atoms with Crippen molar-refractivity contribution in [2.24, 2.45) is 5.73 Å². The maximum Gasteiger partial charge on any atom is 0.253 e. The highest BCUT2D eigenvalue weighted by atomic mass is 19.1. The molecule has 0 spiro atoms. The Kier molecular flexibility index (Phi) is 4.38. The van der Waals surface area contributed by atoms with Crippen molar-refractivity contribution in [2.45, 2.75) is 20.0 Å². The predicted molar refractivity (Wildman–Crippen MR) is 64.8 cm³/mol. The Labute approximate surface area is 104 Å². The third-order valence-corrected chi connectivity index (χ3v) is 2.61. The van der Waals surface area contributed by atoms with Gasteiger partial charge in [-0.1, -0.05) is 0 Å². The van der Waals surface area contributed by atoms with Crippen LogP contribution in [0.4, 0.5) is 10.1 Å². The van der Waals surface area contributed by atoms with Crippen molar-refractivity contribution in [3.05, 3.63) is 29.1 Å². The molecule has 0 fully saturated rings. The Morgan fingerprint density at radius 3 is 2.56 bits per heavy atom. The highest BCUT2D eigenvalue weighted by molar-refractivity contribution is 5.98. The van der Waals surface area contributed by atoms with E-state index in [1.165, 1.54) is 20.1 Å². The molecule has 1 unspecified atom stereocenters. The molecule has 1 aromatic carbocycles. The summed E-state index contributed by atoms with van der Waals surface area (Å²) in [6.45, 7) is 3.05. The van der Waals surface area contributed by atoms with Gasteiger partial charge in [-0.25, -0.2) is 4.39 Å². The second-order valence-corrected chi connectivity index (χ2v) is 3.86. The van der Waals surface area contributed by atoms with Crippen LogP contribution in [0.5, 0.6) is 0 Å². The number of nitrogens with two attached hydrogens (primary N) is 1. The van der Waals surface area contributed by atoms with Crippen LogP contribution in [0.25, 0.3) is 0 Å². The van der Waals surface area contributed by atoms with Gasteiger partial charge in [0.15, 0.2) is 0 Å². The van der Waals surface area contributed by atoms with E-state index in [1.807, 2.05) is 0 Å². The van der Waals surface area contributed by atoms with Crippen molar-refractivity contribution in [1.29, 1.82) is 0 Å². The smallest absolute Gasteiger partial charge is 0.253 e. The van der Waals surface area contributed by atoms with Gasteiger partial charge in [0.25, 0.3) is 5.91 Å². The van der Waals surface area contributed by atoms with E-state index in [9.17, 15) is 14.0 Å². The maximum absolute atomic E-state index is 13.5. The second-order valence-electron chi connectivity index (χ2n) is 3.86. The number of primary amides is 1. The van der Waals surface area contributed by atoms with Gasteiger partial charge < -0.3 is 15.8 Å². The fraction of sp³-hybridized carbons (Fsp3) is 0.333. The maximum atomic E-state index is 13.5. The fourth-order valence-electron chi connectivity index (χ4n) is 1.29. The summed E-state index contributed by atoms with van der Waals surface area (Å²) < 4.78 is 18.4. The van der Waals surface area contributed by atoms with Crippen LogP contribution in [0, 0.1) is 12.7 Å². The lowest BCUT2D eigenvalue weighted by atomic mass is 10.1. The molecule has 6 heteroatoms. The number of carbonyl (C=O) groups is 2. The van der Waals surface area contributed by atoms with Crippen LogP contribution in [0.3, 0.4) is 0 Å². The van der Waals surface area contributed by atoms with Crippen molar-refractivity contribution in [3.63, 3.8) is 0 Å². The summed E-state index contributed by atoms with van der Waals surface area (Å²) in [5, 5.41) is 2.49. The number of amides is 2. The van der Waals surface area contributed by atoms with Crippen LogP contribution in [0.15, 0.2) is 12.1 Å². The molecule has 1 rings (SSSR count). The third kappa shape index (κ3) is 3.04. The Bertz CT molecular complexity index is 488. The summed E-state index contributed by atoms with van der Waals surface area (Å²) >= 11 is 0. The van der Waals surface area contributed by atoms with Gasteiger partial charge in [-0.15, -0.1) is 0 Å². The van der Waals surface area contributed by atoms with Crippen molar-refractivity contribution in [2.75, 3.05) is 12.4 Å². The zero-order valence-corrected chi connectivity index (χ0v) is 10.4. The molecule has 5 nitrogen and oxygen atoms in total. The van der Waals surface area contributed by atoms with E-state index in [4.69, 9.17) is 10.5 Å². The molecule has 0 aliphatic heterocycles. The number of hydrogen-bond acceptors (Lipinski definition) is 3. The quantitative estimate of drug-likeness (QED) is 0.847. The SMILES string of the molecule is COC(C)C(=O)Nc1cc(C(N)=O)cc(F)c1C. The zero-order chi connectivity index (χ0) is 13.9. The Hall–Kier alpha value is -1.95. The molecule has 0 radical (unpaired) electrons. The van der Waals surface area contributed by atoms with Gasteiger partial charge in [-0.2, -0.15) is 0 Å². The van der Waals surface area contributed by atoms with Crippen LogP contribution in [-0.2, 0) is 9.53 Å². The van der Waals surface area contributed by atoms with E-state index in [0.29, 0.717) is 0 Å². The van der Waals surface area contributed by atoms with Crippen molar-refractivity contribution in [3.8, 4) is 0 Å². The van der Waals surface area contributed by atoms with Gasteiger partial charge in [0, 0.05) is 23.9 Å². The summed E-state index contributed by atoms with van der Waals surface area (Å²) in [6.07, 6.45) is -0.676. The minimum absolute atomic E-state index is 0.00142. The van der Waals surface area contributed by atoms with Gasteiger partial charge in [0.05, 0.1) is 0 Å². The number of benzene rings is 1. The third-order valence-electron chi connectivity index (χ3n) is 2.61. The average Bonchev–Trinajstić information content (AvgIpc) is 2.33. The molecule has 0 aromatic heterocycles. The molecule has 18 heavy (non-hydrogen) atoms. The highest BCUT2D eigenvalue weighted by Crippen LogP contribution is 2.21. The topological polar surface area (TPSA) is 81.4 Å². The molecule has 1 aromatic rings. The van der Waals surface area contributed by atoms with Crippen LogP contribution in [-0.4, -0.2) is 25.0 Å².